The number of aromatic nitrogens is 3. The molecule has 0 spiro atoms. The van der Waals surface area contributed by atoms with Gasteiger partial charge in [-0.25, -0.2) is 4.79 Å². The van der Waals surface area contributed by atoms with Gasteiger partial charge in [0.15, 0.2) is 5.58 Å². The van der Waals surface area contributed by atoms with Crippen molar-refractivity contribution in [3.05, 3.63) is 57.1 Å². The van der Waals surface area contributed by atoms with Crippen molar-refractivity contribution in [3.8, 4) is 0 Å². The van der Waals surface area contributed by atoms with Crippen molar-refractivity contribution in [3.63, 3.8) is 0 Å². The predicted molar refractivity (Wildman–Crippen MR) is 127 cm³/mol. The second-order valence-electron chi connectivity index (χ2n) is 8.17. The van der Waals surface area contributed by atoms with Gasteiger partial charge < -0.3 is 14.6 Å². The zero-order valence-corrected chi connectivity index (χ0v) is 19.6. The van der Waals surface area contributed by atoms with Gasteiger partial charge in [-0.2, -0.15) is 5.10 Å². The first-order valence-corrected chi connectivity index (χ1v) is 11.5. The first-order valence-electron chi connectivity index (χ1n) is 10.8. The summed E-state index contributed by atoms with van der Waals surface area (Å²) in [5, 5.41) is 8.01. The van der Waals surface area contributed by atoms with Crippen LogP contribution in [0.4, 0.5) is 5.69 Å². The number of amides is 2. The maximum Gasteiger partial charge on any atom is 0.420 e. The van der Waals surface area contributed by atoms with Crippen LogP contribution < -0.4 is 11.1 Å². The van der Waals surface area contributed by atoms with E-state index in [1.807, 2.05) is 18.2 Å². The van der Waals surface area contributed by atoms with Crippen LogP contribution in [-0.2, 0) is 18.4 Å². The number of oxazole rings is 1. The Morgan fingerprint density at radius 1 is 1.12 bits per heavy atom. The Bertz CT molecular complexity index is 1440. The van der Waals surface area contributed by atoms with Gasteiger partial charge in [-0.1, -0.05) is 15.9 Å². The number of rotatable bonds is 4. The zero-order chi connectivity index (χ0) is 23.1. The second kappa shape index (κ2) is 8.51. The highest BCUT2D eigenvalue weighted by molar-refractivity contribution is 9.10. The molecule has 0 atom stereocenters. The summed E-state index contributed by atoms with van der Waals surface area (Å²) in [6, 6.07) is 10.5. The van der Waals surface area contributed by atoms with Crippen LogP contribution in [0.25, 0.3) is 22.0 Å². The Morgan fingerprint density at radius 2 is 1.91 bits per heavy atom. The van der Waals surface area contributed by atoms with Gasteiger partial charge in [0.25, 0.3) is 5.91 Å². The second-order valence-corrected chi connectivity index (χ2v) is 9.08. The third kappa shape index (κ3) is 4.06. The smallest absolute Gasteiger partial charge is 0.408 e. The minimum Gasteiger partial charge on any atom is -0.408 e. The lowest BCUT2D eigenvalue weighted by molar-refractivity contribution is -0.132. The molecular formula is C23H22BrN5O4. The van der Waals surface area contributed by atoms with Crippen LogP contribution in [-0.4, -0.2) is 44.2 Å². The molecule has 1 N–H and O–H groups in total. The van der Waals surface area contributed by atoms with Gasteiger partial charge in [0.05, 0.1) is 11.0 Å². The van der Waals surface area contributed by atoms with E-state index >= 15 is 0 Å². The summed E-state index contributed by atoms with van der Waals surface area (Å²) in [5.74, 6) is -1.04. The number of benzene rings is 2. The van der Waals surface area contributed by atoms with Gasteiger partial charge in [0, 0.05) is 35.7 Å². The van der Waals surface area contributed by atoms with E-state index in [-0.39, 0.29) is 18.4 Å². The number of anilines is 1. The average molecular weight is 512 g/mol. The normalized spacial score (nSPS) is 14.2. The summed E-state index contributed by atoms with van der Waals surface area (Å²) in [6.45, 7) is 1.32. The number of hydrogen-bond donors (Lipinski definition) is 1. The predicted octanol–water partition coefficient (Wildman–Crippen LogP) is 3.51. The van der Waals surface area contributed by atoms with Gasteiger partial charge in [-0.3, -0.25) is 18.8 Å². The van der Waals surface area contributed by atoms with E-state index < -0.39 is 5.76 Å². The summed E-state index contributed by atoms with van der Waals surface area (Å²) in [5.41, 5.74) is 2.43. The van der Waals surface area contributed by atoms with Crippen LogP contribution in [0, 0.1) is 0 Å². The highest BCUT2D eigenvalue weighted by Crippen LogP contribution is 2.24. The molecule has 10 heteroatoms. The van der Waals surface area contributed by atoms with Crippen molar-refractivity contribution in [2.24, 2.45) is 7.05 Å². The number of nitrogens with one attached hydrogen (secondary N) is 1. The fraction of sp³-hybridized carbons (Fsp3) is 0.304. The molecule has 4 aromatic rings. The van der Waals surface area contributed by atoms with Crippen molar-refractivity contribution in [1.29, 1.82) is 0 Å². The first-order chi connectivity index (χ1) is 15.9. The number of carbonyl (C=O) groups excluding carboxylic acids is 2. The van der Waals surface area contributed by atoms with Gasteiger partial charge in [-0.05, 0) is 55.7 Å². The summed E-state index contributed by atoms with van der Waals surface area (Å²) < 4.78 is 9.05. The number of carbonyl (C=O) groups is 2. The molecule has 2 aromatic carbocycles. The van der Waals surface area contributed by atoms with E-state index in [4.69, 9.17) is 4.42 Å². The van der Waals surface area contributed by atoms with Crippen molar-refractivity contribution in [2.75, 3.05) is 18.4 Å². The topological polar surface area (TPSA) is 102 Å². The fourth-order valence-corrected chi connectivity index (χ4v) is 4.65. The van der Waals surface area contributed by atoms with Crippen LogP contribution in [0.3, 0.4) is 0 Å². The summed E-state index contributed by atoms with van der Waals surface area (Å²) in [6.07, 6.45) is 3.07. The van der Waals surface area contributed by atoms with Crippen molar-refractivity contribution in [2.45, 2.75) is 25.8 Å². The van der Waals surface area contributed by atoms with Crippen molar-refractivity contribution >= 4 is 55.4 Å². The van der Waals surface area contributed by atoms with E-state index in [0.29, 0.717) is 41.1 Å². The molecule has 5 rings (SSSR count). The SMILES string of the molecule is Cn1nc2cc(Br)ccc2c1C(=O)Nc1ccc2oc(=O)n(CC(=O)N3CCCCC3)c2c1. The van der Waals surface area contributed by atoms with E-state index in [1.165, 1.54) is 9.25 Å². The molecule has 1 fully saturated rings. The number of halogens is 1. The molecule has 170 valence electrons. The van der Waals surface area contributed by atoms with Crippen LogP contribution in [0.1, 0.15) is 29.8 Å². The van der Waals surface area contributed by atoms with Gasteiger partial charge >= 0.3 is 5.76 Å². The zero-order valence-electron chi connectivity index (χ0n) is 18.0. The Morgan fingerprint density at radius 3 is 2.70 bits per heavy atom. The lowest BCUT2D eigenvalue weighted by Crippen LogP contribution is -2.39. The molecule has 0 unspecified atom stereocenters. The maximum absolute atomic E-state index is 13.1. The highest BCUT2D eigenvalue weighted by atomic mass is 79.9. The quantitative estimate of drug-likeness (QED) is 0.451. The van der Waals surface area contributed by atoms with Crippen LogP contribution in [0.15, 0.2) is 50.1 Å². The van der Waals surface area contributed by atoms with E-state index in [9.17, 15) is 14.4 Å². The molecular weight excluding hydrogens is 490 g/mol. The number of hydrogen-bond acceptors (Lipinski definition) is 5. The largest absolute Gasteiger partial charge is 0.420 e. The minimum atomic E-state index is -0.595. The number of fused-ring (bicyclic) bond motifs is 2. The summed E-state index contributed by atoms with van der Waals surface area (Å²) >= 11 is 3.42. The van der Waals surface area contributed by atoms with Crippen molar-refractivity contribution in [1.82, 2.24) is 19.2 Å². The average Bonchev–Trinajstić information content (AvgIpc) is 3.29. The molecule has 1 saturated heterocycles. The lowest BCUT2D eigenvalue weighted by Gasteiger charge is -2.26. The molecule has 9 nitrogen and oxygen atoms in total. The Hall–Kier alpha value is -3.40. The third-order valence-electron chi connectivity index (χ3n) is 5.94. The standard InChI is InChI=1S/C23H22BrN5O4/c1-27-21(16-7-5-14(24)11-17(16)26-27)22(31)25-15-6-8-19-18(12-15)29(23(32)33-19)13-20(30)28-9-3-2-4-10-28/h5-8,11-12H,2-4,9-10,13H2,1H3,(H,25,31). The fourth-order valence-electron chi connectivity index (χ4n) is 4.30. The number of piperidine rings is 1. The highest BCUT2D eigenvalue weighted by Gasteiger charge is 2.21. The molecule has 1 aliphatic heterocycles. The molecule has 0 saturated carbocycles. The monoisotopic (exact) mass is 511 g/mol. The number of likely N-dealkylation sites (tertiary alicyclic amines) is 1. The van der Waals surface area contributed by atoms with E-state index in [1.54, 1.807) is 30.1 Å². The molecule has 0 aliphatic carbocycles. The van der Waals surface area contributed by atoms with Crippen LogP contribution in [0.2, 0.25) is 0 Å². The Labute approximate surface area is 197 Å². The first kappa shape index (κ1) is 21.4. The minimum absolute atomic E-state index is 0.0928. The van der Waals surface area contributed by atoms with Gasteiger partial charge in [-0.15, -0.1) is 0 Å². The summed E-state index contributed by atoms with van der Waals surface area (Å²) in [7, 11) is 1.71. The van der Waals surface area contributed by atoms with Crippen LogP contribution >= 0.6 is 15.9 Å². The van der Waals surface area contributed by atoms with E-state index in [2.05, 4.69) is 26.3 Å². The van der Waals surface area contributed by atoms with E-state index in [0.717, 1.165) is 29.1 Å². The molecule has 0 bridgehead atoms. The third-order valence-corrected chi connectivity index (χ3v) is 6.43. The molecule has 3 heterocycles. The molecule has 1 aliphatic rings. The van der Waals surface area contributed by atoms with Crippen LogP contribution in [0.5, 0.6) is 0 Å². The molecule has 0 radical (unpaired) electrons. The molecule has 33 heavy (non-hydrogen) atoms. The Balaban J connectivity index is 1.43. The number of nitrogens with zero attached hydrogens (tertiary/aromatic N) is 4. The molecule has 2 aromatic heterocycles. The molecule has 2 amide bonds. The van der Waals surface area contributed by atoms with Gasteiger partial charge in [0.2, 0.25) is 5.91 Å². The Kier molecular flexibility index (Phi) is 5.53. The number of aryl methyl sites for hydroxylation is 1. The van der Waals surface area contributed by atoms with Crippen molar-refractivity contribution < 1.29 is 14.0 Å². The van der Waals surface area contributed by atoms with Gasteiger partial charge in [0.1, 0.15) is 12.2 Å². The lowest BCUT2D eigenvalue weighted by atomic mass is 10.1. The maximum atomic E-state index is 13.1. The summed E-state index contributed by atoms with van der Waals surface area (Å²) in [4.78, 5) is 40.0.